The number of ether oxygens (including phenoxy) is 3. The Kier molecular flexibility index (Phi) is 9.51. The molecule has 1 saturated carbocycles. The van der Waals surface area contributed by atoms with Crippen molar-refractivity contribution in [2.75, 3.05) is 33.9 Å². The number of hydrogen-bond donors (Lipinski definition) is 0. The molecule has 0 radical (unpaired) electrons. The highest BCUT2D eigenvalue weighted by molar-refractivity contribution is 6.31. The molecule has 224 valence electrons. The predicted octanol–water partition coefficient (Wildman–Crippen LogP) is 4.52. The molecule has 2 aromatic rings. The van der Waals surface area contributed by atoms with Crippen molar-refractivity contribution in [1.82, 2.24) is 14.4 Å². The molecule has 2 aliphatic rings. The van der Waals surface area contributed by atoms with Gasteiger partial charge in [-0.25, -0.2) is 4.79 Å². The Hall–Kier alpha value is -2.88. The maximum absolute atomic E-state index is 14.6. The lowest BCUT2D eigenvalue weighted by Crippen LogP contribution is -2.59. The summed E-state index contributed by atoms with van der Waals surface area (Å²) in [6.45, 7) is 6.78. The molecule has 1 aromatic carbocycles. The molecule has 0 N–H and O–H groups in total. The Morgan fingerprint density at radius 1 is 1.15 bits per heavy atom. The third kappa shape index (κ3) is 7.13. The van der Waals surface area contributed by atoms with Crippen LogP contribution in [0.5, 0.6) is 0 Å². The van der Waals surface area contributed by atoms with Crippen LogP contribution in [-0.4, -0.2) is 71.9 Å². The monoisotopic (exact) mass is 587 g/mol. The molecule has 41 heavy (non-hydrogen) atoms. The van der Waals surface area contributed by atoms with E-state index in [0.717, 1.165) is 30.4 Å². The van der Waals surface area contributed by atoms with Gasteiger partial charge in [0.25, 0.3) is 5.56 Å². The van der Waals surface area contributed by atoms with Gasteiger partial charge in [-0.2, -0.15) is 0 Å². The standard InChI is InChI=1S/C31H42ClN3O6/c1-30(2,3)41-29(38)34-15-13-31(40-6,23-11-14-33(4)27(36)18-23)25(20-34)28(37)35(24-8-9-24)19-22-17-21(12-16-39-5)7-10-26(22)32/h7,10-11,14,17-18,24-25H,8-9,12-13,15-16,19-20H2,1-6H3/t25-,31+/m1/s1. The summed E-state index contributed by atoms with van der Waals surface area (Å²) in [5.41, 5.74) is 0.591. The fourth-order valence-electron chi connectivity index (χ4n) is 5.51. The molecule has 2 atom stereocenters. The molecular weight excluding hydrogens is 546 g/mol. The Balaban J connectivity index is 1.72. The summed E-state index contributed by atoms with van der Waals surface area (Å²) in [4.78, 5) is 43.9. The largest absolute Gasteiger partial charge is 0.444 e. The van der Waals surface area contributed by atoms with Crippen LogP contribution in [0.15, 0.2) is 41.3 Å². The first-order chi connectivity index (χ1) is 19.4. The number of likely N-dealkylation sites (tertiary alicyclic amines) is 1. The number of carbonyl (C=O) groups excluding carboxylic acids is 2. The van der Waals surface area contributed by atoms with E-state index < -0.39 is 23.2 Å². The van der Waals surface area contributed by atoms with E-state index in [0.29, 0.717) is 36.7 Å². The molecule has 1 aromatic heterocycles. The van der Waals surface area contributed by atoms with Gasteiger partial charge >= 0.3 is 6.09 Å². The van der Waals surface area contributed by atoms with Crippen molar-refractivity contribution in [3.05, 3.63) is 68.6 Å². The number of methoxy groups -OCH3 is 2. The Bertz CT molecular complexity index is 1320. The van der Waals surface area contributed by atoms with Crippen molar-refractivity contribution in [2.24, 2.45) is 13.0 Å². The van der Waals surface area contributed by atoms with Gasteiger partial charge in [0.2, 0.25) is 5.91 Å². The van der Waals surface area contributed by atoms with E-state index >= 15 is 0 Å². The van der Waals surface area contributed by atoms with Crippen molar-refractivity contribution in [1.29, 1.82) is 0 Å². The van der Waals surface area contributed by atoms with Crippen LogP contribution < -0.4 is 5.56 Å². The average Bonchev–Trinajstić information content (AvgIpc) is 3.77. The molecule has 1 aliphatic heterocycles. The third-order valence-corrected chi connectivity index (χ3v) is 8.31. The highest BCUT2D eigenvalue weighted by atomic mass is 35.5. The number of aryl methyl sites for hydroxylation is 1. The van der Waals surface area contributed by atoms with Crippen LogP contribution in [0.25, 0.3) is 0 Å². The zero-order valence-corrected chi connectivity index (χ0v) is 25.7. The molecule has 0 unspecified atom stereocenters. The number of aromatic nitrogens is 1. The van der Waals surface area contributed by atoms with Gasteiger partial charge in [0.1, 0.15) is 11.2 Å². The third-order valence-electron chi connectivity index (χ3n) is 7.94. The fraction of sp³-hybridized carbons (Fsp3) is 0.581. The fourth-order valence-corrected chi connectivity index (χ4v) is 5.68. The van der Waals surface area contributed by atoms with E-state index in [4.69, 9.17) is 25.8 Å². The number of carbonyl (C=O) groups is 2. The van der Waals surface area contributed by atoms with E-state index in [9.17, 15) is 14.4 Å². The zero-order chi connectivity index (χ0) is 29.9. The summed E-state index contributed by atoms with van der Waals surface area (Å²) in [7, 11) is 4.91. The molecular formula is C31H42ClN3O6. The summed E-state index contributed by atoms with van der Waals surface area (Å²) >= 11 is 6.63. The first kappa shape index (κ1) is 31.1. The molecule has 4 rings (SSSR count). The van der Waals surface area contributed by atoms with Crippen molar-refractivity contribution in [3.63, 3.8) is 0 Å². The summed E-state index contributed by atoms with van der Waals surface area (Å²) in [5, 5.41) is 0.591. The average molecular weight is 588 g/mol. The van der Waals surface area contributed by atoms with Crippen LogP contribution in [0, 0.1) is 5.92 Å². The maximum Gasteiger partial charge on any atom is 0.410 e. The number of amides is 2. The summed E-state index contributed by atoms with van der Waals surface area (Å²) in [6, 6.07) is 9.29. The second kappa shape index (κ2) is 12.5. The zero-order valence-electron chi connectivity index (χ0n) is 24.9. The normalized spacial score (nSPS) is 21.0. The van der Waals surface area contributed by atoms with Crippen molar-refractivity contribution in [3.8, 4) is 0 Å². The van der Waals surface area contributed by atoms with E-state index in [1.807, 2.05) is 49.9 Å². The van der Waals surface area contributed by atoms with Gasteiger partial charge in [-0.1, -0.05) is 23.7 Å². The van der Waals surface area contributed by atoms with Crippen molar-refractivity contribution in [2.45, 2.75) is 70.2 Å². The van der Waals surface area contributed by atoms with Gasteiger partial charge in [0.05, 0.1) is 12.5 Å². The maximum atomic E-state index is 14.6. The highest BCUT2D eigenvalue weighted by Crippen LogP contribution is 2.43. The number of hydrogen-bond acceptors (Lipinski definition) is 6. The van der Waals surface area contributed by atoms with Crippen LogP contribution in [0.4, 0.5) is 4.79 Å². The van der Waals surface area contributed by atoms with E-state index in [-0.39, 0.29) is 24.1 Å². The van der Waals surface area contributed by atoms with Gasteiger partial charge in [-0.15, -0.1) is 0 Å². The van der Waals surface area contributed by atoms with Crippen LogP contribution in [0.1, 0.15) is 56.7 Å². The molecule has 0 bridgehead atoms. The van der Waals surface area contributed by atoms with Crippen LogP contribution in [0.2, 0.25) is 5.02 Å². The number of benzene rings is 1. The number of halogens is 1. The van der Waals surface area contributed by atoms with Gasteiger partial charge in [-0.05, 0) is 75.3 Å². The lowest BCUT2D eigenvalue weighted by molar-refractivity contribution is -0.160. The molecule has 2 amide bonds. The van der Waals surface area contributed by atoms with Crippen molar-refractivity contribution >= 4 is 23.6 Å². The summed E-state index contributed by atoms with van der Waals surface area (Å²) < 4.78 is 18.6. The minimum Gasteiger partial charge on any atom is -0.444 e. The molecule has 2 heterocycles. The van der Waals surface area contributed by atoms with Crippen LogP contribution >= 0.6 is 11.6 Å². The first-order valence-corrected chi connectivity index (χ1v) is 14.5. The minimum absolute atomic E-state index is 0.0660. The molecule has 1 saturated heterocycles. The van der Waals surface area contributed by atoms with Crippen LogP contribution in [0.3, 0.4) is 0 Å². The van der Waals surface area contributed by atoms with Gasteiger partial charge in [-0.3, -0.25) is 9.59 Å². The van der Waals surface area contributed by atoms with E-state index in [1.54, 1.807) is 32.4 Å². The second-order valence-corrected chi connectivity index (χ2v) is 12.5. The predicted molar refractivity (Wildman–Crippen MR) is 157 cm³/mol. The summed E-state index contributed by atoms with van der Waals surface area (Å²) in [5.74, 6) is -0.904. The molecule has 10 heteroatoms. The molecule has 0 spiro atoms. The minimum atomic E-state index is -1.10. The van der Waals surface area contributed by atoms with Gasteiger partial charge in [0.15, 0.2) is 0 Å². The SMILES string of the molecule is COCCc1ccc(Cl)c(CN(C(=O)[C@H]2CN(C(=O)OC(C)(C)C)CC[C@]2(OC)c2ccn(C)c(=O)c2)C2CC2)c1. The van der Waals surface area contributed by atoms with E-state index in [2.05, 4.69) is 0 Å². The van der Waals surface area contributed by atoms with Gasteiger partial charge in [0, 0.05) is 64.2 Å². The van der Waals surface area contributed by atoms with Crippen molar-refractivity contribution < 1.29 is 23.8 Å². The number of rotatable bonds is 9. The van der Waals surface area contributed by atoms with E-state index in [1.165, 1.54) is 10.6 Å². The smallest absolute Gasteiger partial charge is 0.410 e. The number of nitrogens with zero attached hydrogens (tertiary/aromatic N) is 3. The topological polar surface area (TPSA) is 90.3 Å². The Labute approximate surface area is 247 Å². The van der Waals surface area contributed by atoms with Crippen LogP contribution in [-0.2, 0) is 44.6 Å². The molecule has 2 fully saturated rings. The lowest BCUT2D eigenvalue weighted by Gasteiger charge is -2.47. The highest BCUT2D eigenvalue weighted by Gasteiger charge is 2.52. The first-order valence-electron chi connectivity index (χ1n) is 14.2. The Morgan fingerprint density at radius 2 is 1.88 bits per heavy atom. The molecule has 1 aliphatic carbocycles. The number of pyridine rings is 1. The number of piperidine rings is 1. The Morgan fingerprint density at radius 3 is 2.49 bits per heavy atom. The summed E-state index contributed by atoms with van der Waals surface area (Å²) in [6.07, 6.45) is 4.06. The van der Waals surface area contributed by atoms with Gasteiger partial charge < -0.3 is 28.6 Å². The molecule has 9 nitrogen and oxygen atoms in total. The quantitative estimate of drug-likeness (QED) is 0.429. The lowest BCUT2D eigenvalue weighted by atomic mass is 9.75. The second-order valence-electron chi connectivity index (χ2n) is 12.1.